The number of fused-ring (bicyclic) bond motifs is 2. The van der Waals surface area contributed by atoms with E-state index in [1.165, 1.54) is 34.2 Å². The molecule has 1 unspecified atom stereocenters. The summed E-state index contributed by atoms with van der Waals surface area (Å²) in [5, 5.41) is 20.0. The van der Waals surface area contributed by atoms with Gasteiger partial charge in [-0.3, -0.25) is 14.8 Å². The molecule has 0 bridgehead atoms. The van der Waals surface area contributed by atoms with Gasteiger partial charge in [0.25, 0.3) is 5.69 Å². The molecule has 2 heterocycles. The summed E-state index contributed by atoms with van der Waals surface area (Å²) < 4.78 is 2.91. The monoisotopic (exact) mass is 405 g/mol. The quantitative estimate of drug-likeness (QED) is 0.375. The molecule has 0 saturated carbocycles. The third-order valence-electron chi connectivity index (χ3n) is 5.32. The van der Waals surface area contributed by atoms with Gasteiger partial charge in [-0.05, 0) is 30.9 Å². The lowest BCUT2D eigenvalue weighted by Crippen LogP contribution is -2.18. The zero-order valence-electron chi connectivity index (χ0n) is 15.6. The van der Waals surface area contributed by atoms with Crippen LogP contribution in [0.25, 0.3) is 10.2 Å². The average molecular weight is 405 g/mol. The summed E-state index contributed by atoms with van der Waals surface area (Å²) in [6, 6.07) is 15.3. The third-order valence-corrected chi connectivity index (χ3v) is 6.27. The van der Waals surface area contributed by atoms with E-state index in [-0.39, 0.29) is 16.7 Å². The van der Waals surface area contributed by atoms with Crippen LogP contribution in [0.3, 0.4) is 0 Å². The molecule has 146 valence electrons. The fraction of sp³-hybridized carbons (Fsp3) is 0.238. The van der Waals surface area contributed by atoms with Crippen molar-refractivity contribution in [1.29, 1.82) is 0 Å². The number of hydrogen-bond acceptors (Lipinski definition) is 6. The summed E-state index contributed by atoms with van der Waals surface area (Å²) in [6.07, 6.45) is 5.08. The van der Waals surface area contributed by atoms with Crippen LogP contribution in [0, 0.1) is 10.1 Å². The summed E-state index contributed by atoms with van der Waals surface area (Å²) in [5.41, 5.74) is 4.60. The van der Waals surface area contributed by atoms with Crippen LogP contribution in [0.1, 0.15) is 35.7 Å². The van der Waals surface area contributed by atoms with E-state index in [0.717, 1.165) is 41.2 Å². The Morgan fingerprint density at radius 1 is 1.24 bits per heavy atom. The Morgan fingerprint density at radius 2 is 2.10 bits per heavy atom. The van der Waals surface area contributed by atoms with Crippen molar-refractivity contribution in [3.63, 3.8) is 0 Å². The minimum atomic E-state index is -0.374. The molecule has 5 rings (SSSR count). The minimum absolute atomic E-state index is 0.0924. The number of anilines is 1. The van der Waals surface area contributed by atoms with E-state index >= 15 is 0 Å². The lowest BCUT2D eigenvalue weighted by Gasteiger charge is -2.24. The molecule has 0 fully saturated rings. The van der Waals surface area contributed by atoms with Crippen LogP contribution in [-0.2, 0) is 13.0 Å². The van der Waals surface area contributed by atoms with Crippen LogP contribution in [0.5, 0.6) is 0 Å². The number of aromatic nitrogens is 3. The van der Waals surface area contributed by atoms with E-state index in [9.17, 15) is 10.1 Å². The van der Waals surface area contributed by atoms with Crippen molar-refractivity contribution in [3.05, 3.63) is 81.7 Å². The summed E-state index contributed by atoms with van der Waals surface area (Å²) >= 11 is 1.45. The molecule has 0 radical (unpaired) electrons. The lowest BCUT2D eigenvalue weighted by molar-refractivity contribution is -0.384. The van der Waals surface area contributed by atoms with E-state index in [2.05, 4.69) is 32.2 Å². The van der Waals surface area contributed by atoms with Gasteiger partial charge in [0, 0.05) is 23.4 Å². The molecule has 0 spiro atoms. The minimum Gasteiger partial charge on any atom is -0.355 e. The number of hydrogen-bond donors (Lipinski definition) is 1. The first-order valence-corrected chi connectivity index (χ1v) is 10.4. The van der Waals surface area contributed by atoms with Gasteiger partial charge in [-0.15, -0.1) is 0 Å². The van der Waals surface area contributed by atoms with Gasteiger partial charge in [-0.1, -0.05) is 41.7 Å². The van der Waals surface area contributed by atoms with Crippen molar-refractivity contribution < 1.29 is 4.92 Å². The number of thiazole rings is 1. The molecular weight excluding hydrogens is 386 g/mol. The van der Waals surface area contributed by atoms with Crippen LogP contribution in [-0.4, -0.2) is 19.7 Å². The second-order valence-corrected chi connectivity index (χ2v) is 8.24. The number of nitro benzene ring substituents is 1. The van der Waals surface area contributed by atoms with Gasteiger partial charge in [-0.25, -0.2) is 4.98 Å². The molecular formula is C21H19N5O2S. The first kappa shape index (κ1) is 17.8. The van der Waals surface area contributed by atoms with Crippen LogP contribution in [0.2, 0.25) is 0 Å². The van der Waals surface area contributed by atoms with Gasteiger partial charge in [0.15, 0.2) is 5.13 Å². The van der Waals surface area contributed by atoms with Gasteiger partial charge in [0.05, 0.1) is 33.9 Å². The molecule has 1 N–H and O–H groups in total. The van der Waals surface area contributed by atoms with Gasteiger partial charge < -0.3 is 5.32 Å². The van der Waals surface area contributed by atoms with Gasteiger partial charge in [-0.2, -0.15) is 5.10 Å². The van der Waals surface area contributed by atoms with Gasteiger partial charge in [0.1, 0.15) is 0 Å². The Hall–Kier alpha value is -3.26. The zero-order chi connectivity index (χ0) is 19.8. The van der Waals surface area contributed by atoms with Crippen LogP contribution in [0.15, 0.2) is 54.7 Å². The fourth-order valence-corrected chi connectivity index (χ4v) is 4.85. The van der Waals surface area contributed by atoms with E-state index in [1.54, 1.807) is 12.1 Å². The van der Waals surface area contributed by atoms with Crippen molar-refractivity contribution in [2.45, 2.75) is 31.8 Å². The van der Waals surface area contributed by atoms with E-state index in [4.69, 9.17) is 0 Å². The highest BCUT2D eigenvalue weighted by Crippen LogP contribution is 2.36. The molecule has 2 aromatic carbocycles. The molecule has 8 heteroatoms. The Morgan fingerprint density at radius 3 is 2.93 bits per heavy atom. The number of rotatable bonds is 5. The van der Waals surface area contributed by atoms with Gasteiger partial charge in [0.2, 0.25) is 0 Å². The van der Waals surface area contributed by atoms with E-state index in [1.807, 2.05) is 24.4 Å². The Kier molecular flexibility index (Phi) is 4.48. The molecule has 1 aliphatic carbocycles. The first-order valence-electron chi connectivity index (χ1n) is 9.57. The van der Waals surface area contributed by atoms with Crippen LogP contribution >= 0.6 is 11.3 Å². The van der Waals surface area contributed by atoms with Crippen LogP contribution in [0.4, 0.5) is 10.8 Å². The Labute approximate surface area is 171 Å². The van der Waals surface area contributed by atoms with E-state index < -0.39 is 0 Å². The zero-order valence-corrected chi connectivity index (χ0v) is 16.4. The smallest absolute Gasteiger partial charge is 0.270 e. The molecule has 4 aromatic rings. The molecule has 2 aromatic heterocycles. The lowest BCUT2D eigenvalue weighted by atomic mass is 9.93. The maximum Gasteiger partial charge on any atom is 0.270 e. The third kappa shape index (κ3) is 3.47. The maximum absolute atomic E-state index is 11.0. The molecule has 1 atom stereocenters. The van der Waals surface area contributed by atoms with Crippen molar-refractivity contribution in [1.82, 2.24) is 14.8 Å². The largest absolute Gasteiger partial charge is 0.355 e. The number of nitrogens with one attached hydrogen (secondary N) is 1. The Bertz CT molecular complexity index is 1180. The summed E-state index contributed by atoms with van der Waals surface area (Å²) in [5.74, 6) is 0. The predicted molar refractivity (Wildman–Crippen MR) is 113 cm³/mol. The van der Waals surface area contributed by atoms with Gasteiger partial charge >= 0.3 is 0 Å². The molecule has 29 heavy (non-hydrogen) atoms. The Balaban J connectivity index is 1.40. The number of benzene rings is 2. The SMILES string of the molecule is O=[N+]([O-])c1ccc2nc(NC3CCCc4c3cnn4Cc3ccccc3)sc2c1. The summed E-state index contributed by atoms with van der Waals surface area (Å²) in [7, 11) is 0. The normalized spacial score (nSPS) is 15.9. The number of nitro groups is 1. The highest BCUT2D eigenvalue weighted by molar-refractivity contribution is 7.22. The fourth-order valence-electron chi connectivity index (χ4n) is 3.90. The highest BCUT2D eigenvalue weighted by atomic mass is 32.1. The van der Waals surface area contributed by atoms with Crippen LogP contribution < -0.4 is 5.32 Å². The standard InChI is InChI=1S/C21H19N5O2S/c27-26(28)15-9-10-18-20(11-15)29-21(24-18)23-17-7-4-8-19-16(17)12-22-25(19)13-14-5-2-1-3-6-14/h1-3,5-6,9-12,17H,4,7-8,13H2,(H,23,24). The molecule has 0 saturated heterocycles. The average Bonchev–Trinajstić information content (AvgIpc) is 3.32. The predicted octanol–water partition coefficient (Wildman–Crippen LogP) is 4.94. The summed E-state index contributed by atoms with van der Waals surface area (Å²) in [6.45, 7) is 0.772. The van der Waals surface area contributed by atoms with Crippen molar-refractivity contribution >= 4 is 32.4 Å². The molecule has 1 aliphatic rings. The van der Waals surface area contributed by atoms with E-state index in [0.29, 0.717) is 0 Å². The topological polar surface area (TPSA) is 85.9 Å². The molecule has 0 amide bonds. The van der Waals surface area contributed by atoms with Crippen molar-refractivity contribution in [2.24, 2.45) is 0 Å². The van der Waals surface area contributed by atoms with Crippen molar-refractivity contribution in [3.8, 4) is 0 Å². The second-order valence-electron chi connectivity index (χ2n) is 7.21. The second kappa shape index (κ2) is 7.29. The number of nitrogens with zero attached hydrogens (tertiary/aromatic N) is 4. The summed E-state index contributed by atoms with van der Waals surface area (Å²) in [4.78, 5) is 15.2. The first-order chi connectivity index (χ1) is 14.2. The van der Waals surface area contributed by atoms with Crippen molar-refractivity contribution in [2.75, 3.05) is 5.32 Å². The maximum atomic E-state index is 11.0. The molecule has 0 aliphatic heterocycles. The highest BCUT2D eigenvalue weighted by Gasteiger charge is 2.25. The molecule has 7 nitrogen and oxygen atoms in total. The number of non-ortho nitro benzene ring substituents is 1.